The predicted octanol–water partition coefficient (Wildman–Crippen LogP) is 4.26. The molecule has 0 aliphatic heterocycles. The molecule has 0 radical (unpaired) electrons. The molecule has 0 aromatic carbocycles. The van der Waals surface area contributed by atoms with Gasteiger partial charge in [0.15, 0.2) is 0 Å². The second-order valence-electron chi connectivity index (χ2n) is 6.64. The maximum Gasteiger partial charge on any atom is 0.0483 e. The lowest BCUT2D eigenvalue weighted by molar-refractivity contribution is 0.503. The fourth-order valence-corrected chi connectivity index (χ4v) is 2.65. The Bertz CT molecular complexity index is 557. The van der Waals surface area contributed by atoms with E-state index in [0.29, 0.717) is 0 Å². The van der Waals surface area contributed by atoms with Crippen LogP contribution in [0.4, 0.5) is 0 Å². The Hall–Kier alpha value is -1.57. The fraction of sp³-hybridized carbons (Fsp3) is 0.471. The highest BCUT2D eigenvalue weighted by Crippen LogP contribution is 2.36. The van der Waals surface area contributed by atoms with Gasteiger partial charge in [-0.3, -0.25) is 4.98 Å². The first kappa shape index (κ1) is 12.5. The Morgan fingerprint density at radius 1 is 1.11 bits per heavy atom. The smallest absolute Gasteiger partial charge is 0.0483 e. The number of nitrogens with zero attached hydrogens (tertiary/aromatic N) is 2. The summed E-state index contributed by atoms with van der Waals surface area (Å²) in [5, 5.41) is 0. The average molecular weight is 254 g/mol. The molecule has 1 fully saturated rings. The van der Waals surface area contributed by atoms with E-state index in [1.54, 1.807) is 0 Å². The minimum atomic E-state index is 0.195. The first-order chi connectivity index (χ1) is 9.05. The van der Waals surface area contributed by atoms with Crippen LogP contribution in [0.2, 0.25) is 0 Å². The molecule has 0 saturated heterocycles. The standard InChI is InChI=1S/C17H22N2/c1-17(2,3)16-7-6-15(14-8-10-18-11-9-14)19(16)12-13-4-5-13/h6-11,13H,4-5,12H2,1-3H3. The average Bonchev–Trinajstić information content (AvgIpc) is 3.06. The van der Waals surface area contributed by atoms with Gasteiger partial charge in [0.1, 0.15) is 0 Å². The van der Waals surface area contributed by atoms with Crippen LogP contribution in [-0.4, -0.2) is 9.55 Å². The van der Waals surface area contributed by atoms with Crippen LogP contribution in [0.25, 0.3) is 11.3 Å². The molecule has 2 aromatic heterocycles. The van der Waals surface area contributed by atoms with Crippen LogP contribution in [0.3, 0.4) is 0 Å². The molecule has 19 heavy (non-hydrogen) atoms. The molecule has 0 amide bonds. The van der Waals surface area contributed by atoms with E-state index in [1.807, 2.05) is 12.4 Å². The Labute approximate surface area is 115 Å². The molecular formula is C17H22N2. The topological polar surface area (TPSA) is 17.8 Å². The summed E-state index contributed by atoms with van der Waals surface area (Å²) >= 11 is 0. The van der Waals surface area contributed by atoms with Crippen LogP contribution in [0.5, 0.6) is 0 Å². The summed E-state index contributed by atoms with van der Waals surface area (Å²) in [6.45, 7) is 8.05. The Kier molecular flexibility index (Phi) is 2.96. The van der Waals surface area contributed by atoms with Crippen molar-refractivity contribution in [2.24, 2.45) is 5.92 Å². The summed E-state index contributed by atoms with van der Waals surface area (Å²) in [6, 6.07) is 8.76. The molecule has 0 atom stereocenters. The molecule has 2 nitrogen and oxygen atoms in total. The zero-order chi connectivity index (χ0) is 13.5. The number of pyridine rings is 1. The summed E-state index contributed by atoms with van der Waals surface area (Å²) in [4.78, 5) is 4.12. The molecule has 1 aliphatic carbocycles. The first-order valence-electron chi connectivity index (χ1n) is 7.16. The van der Waals surface area contributed by atoms with Crippen molar-refractivity contribution in [2.75, 3.05) is 0 Å². The highest BCUT2D eigenvalue weighted by molar-refractivity contribution is 5.60. The van der Waals surface area contributed by atoms with Gasteiger partial charge >= 0.3 is 0 Å². The lowest BCUT2D eigenvalue weighted by Gasteiger charge is -2.23. The molecule has 3 rings (SSSR count). The molecule has 2 aromatic rings. The van der Waals surface area contributed by atoms with E-state index in [2.05, 4.69) is 54.6 Å². The summed E-state index contributed by atoms with van der Waals surface area (Å²) in [5.41, 5.74) is 4.23. The molecule has 0 spiro atoms. The zero-order valence-electron chi connectivity index (χ0n) is 12.1. The van der Waals surface area contributed by atoms with Gasteiger partial charge < -0.3 is 4.57 Å². The Balaban J connectivity index is 2.06. The van der Waals surface area contributed by atoms with Crippen LogP contribution < -0.4 is 0 Å². The van der Waals surface area contributed by atoms with Gasteiger partial charge in [0.25, 0.3) is 0 Å². The molecule has 1 saturated carbocycles. The minimum Gasteiger partial charge on any atom is -0.344 e. The van der Waals surface area contributed by atoms with Gasteiger partial charge in [0.2, 0.25) is 0 Å². The highest BCUT2D eigenvalue weighted by Gasteiger charge is 2.27. The summed E-state index contributed by atoms with van der Waals surface area (Å²) in [7, 11) is 0. The van der Waals surface area contributed by atoms with Gasteiger partial charge in [-0.25, -0.2) is 0 Å². The van der Waals surface area contributed by atoms with E-state index in [-0.39, 0.29) is 5.41 Å². The summed E-state index contributed by atoms with van der Waals surface area (Å²) < 4.78 is 2.52. The SMILES string of the molecule is CC(C)(C)c1ccc(-c2ccncc2)n1CC1CC1. The van der Waals surface area contributed by atoms with Crippen LogP contribution in [-0.2, 0) is 12.0 Å². The van der Waals surface area contributed by atoms with Crippen molar-refractivity contribution >= 4 is 0 Å². The molecule has 0 bridgehead atoms. The fourth-order valence-electron chi connectivity index (χ4n) is 2.65. The molecule has 0 N–H and O–H groups in total. The third kappa shape index (κ3) is 2.58. The van der Waals surface area contributed by atoms with Crippen LogP contribution >= 0.6 is 0 Å². The van der Waals surface area contributed by atoms with Crippen molar-refractivity contribution in [1.82, 2.24) is 9.55 Å². The summed E-state index contributed by atoms with van der Waals surface area (Å²) in [6.07, 6.45) is 6.52. The lowest BCUT2D eigenvalue weighted by Crippen LogP contribution is -2.18. The van der Waals surface area contributed by atoms with Gasteiger partial charge in [0.05, 0.1) is 0 Å². The Morgan fingerprint density at radius 3 is 2.37 bits per heavy atom. The van der Waals surface area contributed by atoms with E-state index in [9.17, 15) is 0 Å². The lowest BCUT2D eigenvalue weighted by atomic mass is 9.92. The quantitative estimate of drug-likeness (QED) is 0.800. The molecule has 100 valence electrons. The molecule has 2 heteroatoms. The van der Waals surface area contributed by atoms with Gasteiger partial charge in [-0.05, 0) is 43.0 Å². The van der Waals surface area contributed by atoms with E-state index in [0.717, 1.165) is 12.5 Å². The predicted molar refractivity (Wildman–Crippen MR) is 79.1 cm³/mol. The Morgan fingerprint density at radius 2 is 1.79 bits per heavy atom. The van der Waals surface area contributed by atoms with E-state index >= 15 is 0 Å². The second kappa shape index (κ2) is 4.52. The minimum absolute atomic E-state index is 0.195. The van der Waals surface area contributed by atoms with Crippen molar-refractivity contribution in [3.05, 3.63) is 42.4 Å². The van der Waals surface area contributed by atoms with E-state index < -0.39 is 0 Å². The third-order valence-electron chi connectivity index (χ3n) is 3.86. The van der Waals surface area contributed by atoms with Gasteiger partial charge in [0, 0.05) is 41.3 Å². The number of hydrogen-bond acceptors (Lipinski definition) is 1. The van der Waals surface area contributed by atoms with Crippen molar-refractivity contribution in [2.45, 2.75) is 45.6 Å². The summed E-state index contributed by atoms with van der Waals surface area (Å²) in [5.74, 6) is 0.883. The number of hydrogen-bond donors (Lipinski definition) is 0. The number of rotatable bonds is 3. The second-order valence-corrected chi connectivity index (χ2v) is 6.64. The van der Waals surface area contributed by atoms with Crippen molar-refractivity contribution in [1.29, 1.82) is 0 Å². The third-order valence-corrected chi connectivity index (χ3v) is 3.86. The largest absolute Gasteiger partial charge is 0.344 e. The molecular weight excluding hydrogens is 232 g/mol. The number of aromatic nitrogens is 2. The van der Waals surface area contributed by atoms with Crippen molar-refractivity contribution < 1.29 is 0 Å². The first-order valence-corrected chi connectivity index (χ1v) is 7.16. The normalized spacial score (nSPS) is 15.7. The van der Waals surface area contributed by atoms with Crippen LogP contribution in [0.15, 0.2) is 36.7 Å². The van der Waals surface area contributed by atoms with Crippen LogP contribution in [0, 0.1) is 5.92 Å². The van der Waals surface area contributed by atoms with Gasteiger partial charge in [-0.1, -0.05) is 20.8 Å². The monoisotopic (exact) mass is 254 g/mol. The molecule has 0 unspecified atom stereocenters. The highest BCUT2D eigenvalue weighted by atomic mass is 15.0. The maximum atomic E-state index is 4.12. The maximum absolute atomic E-state index is 4.12. The van der Waals surface area contributed by atoms with E-state index in [4.69, 9.17) is 0 Å². The molecule has 1 aliphatic rings. The van der Waals surface area contributed by atoms with Crippen molar-refractivity contribution in [3.8, 4) is 11.3 Å². The molecule has 2 heterocycles. The zero-order valence-corrected chi connectivity index (χ0v) is 12.1. The van der Waals surface area contributed by atoms with E-state index in [1.165, 1.54) is 29.8 Å². The van der Waals surface area contributed by atoms with Gasteiger partial charge in [-0.2, -0.15) is 0 Å². The van der Waals surface area contributed by atoms with Crippen molar-refractivity contribution in [3.63, 3.8) is 0 Å². The van der Waals surface area contributed by atoms with Crippen LogP contribution in [0.1, 0.15) is 39.3 Å². The van der Waals surface area contributed by atoms with Gasteiger partial charge in [-0.15, -0.1) is 0 Å².